The number of nitriles is 1. The Morgan fingerprint density at radius 3 is 2.22 bits per heavy atom. The molecule has 41 heavy (non-hydrogen) atoms. The molecular weight excluding hydrogens is 565 g/mol. The quantitative estimate of drug-likeness (QED) is 0.124. The number of para-hydroxylation sites is 1. The SMILES string of the molecule is Cc1ccc(-c2csc(NC(=O)C(Sc3cccc(NC(=S)Nc4ccccc4)c3)c3ccccc3)c2C#N)cc1. The van der Waals surface area contributed by atoms with Crippen molar-refractivity contribution in [2.75, 3.05) is 16.0 Å². The number of carbonyl (C=O) groups excluding carboxylic acids is 1. The molecule has 0 aliphatic rings. The highest BCUT2D eigenvalue weighted by atomic mass is 32.2. The Kier molecular flexibility index (Phi) is 9.12. The van der Waals surface area contributed by atoms with Gasteiger partial charge in [0.15, 0.2) is 5.11 Å². The van der Waals surface area contributed by atoms with Crippen molar-refractivity contribution in [3.63, 3.8) is 0 Å². The molecule has 0 saturated heterocycles. The second kappa shape index (κ2) is 13.3. The lowest BCUT2D eigenvalue weighted by molar-refractivity contribution is -0.115. The number of rotatable bonds is 8. The molecule has 0 spiro atoms. The second-order valence-electron chi connectivity index (χ2n) is 9.20. The van der Waals surface area contributed by atoms with Gasteiger partial charge >= 0.3 is 0 Å². The van der Waals surface area contributed by atoms with Gasteiger partial charge in [0.25, 0.3) is 0 Å². The molecule has 0 aliphatic carbocycles. The highest BCUT2D eigenvalue weighted by Crippen LogP contribution is 2.40. The topological polar surface area (TPSA) is 77.0 Å². The standard InChI is InChI=1S/C33H26N4OS3/c1-22-15-17-23(18-16-22)29-21-40-32(28(29)20-34)37-31(38)30(24-9-4-2-5-10-24)41-27-14-8-13-26(19-27)36-33(39)35-25-11-6-3-7-12-25/h2-19,21,30H,1H3,(H,37,38)(H2,35,36,39). The van der Waals surface area contributed by atoms with Crippen LogP contribution >= 0.6 is 35.3 Å². The van der Waals surface area contributed by atoms with Gasteiger partial charge in [0.1, 0.15) is 16.3 Å². The molecule has 5 rings (SSSR count). The first-order valence-corrected chi connectivity index (χ1v) is 15.0. The summed E-state index contributed by atoms with van der Waals surface area (Å²) < 4.78 is 0. The highest BCUT2D eigenvalue weighted by molar-refractivity contribution is 8.00. The average Bonchev–Trinajstić information content (AvgIpc) is 3.39. The maximum atomic E-state index is 13.8. The van der Waals surface area contributed by atoms with E-state index in [9.17, 15) is 10.1 Å². The first-order valence-electron chi connectivity index (χ1n) is 12.8. The molecule has 1 unspecified atom stereocenters. The molecule has 1 atom stereocenters. The molecule has 5 nitrogen and oxygen atoms in total. The van der Waals surface area contributed by atoms with E-state index in [0.29, 0.717) is 15.7 Å². The first-order chi connectivity index (χ1) is 20.0. The van der Waals surface area contributed by atoms with Crippen molar-refractivity contribution in [3.05, 3.63) is 131 Å². The van der Waals surface area contributed by atoms with Gasteiger partial charge in [-0.1, -0.05) is 84.4 Å². The maximum Gasteiger partial charge on any atom is 0.243 e. The Morgan fingerprint density at radius 1 is 0.854 bits per heavy atom. The lowest BCUT2D eigenvalue weighted by Gasteiger charge is -2.18. The zero-order chi connectivity index (χ0) is 28.6. The van der Waals surface area contributed by atoms with Crippen LogP contribution in [0.25, 0.3) is 11.1 Å². The fraction of sp³-hybridized carbons (Fsp3) is 0.0606. The normalized spacial score (nSPS) is 11.2. The Balaban J connectivity index is 1.35. The highest BCUT2D eigenvalue weighted by Gasteiger charge is 2.25. The van der Waals surface area contributed by atoms with Crippen LogP contribution in [0, 0.1) is 18.3 Å². The number of thioether (sulfide) groups is 1. The number of carbonyl (C=O) groups is 1. The van der Waals surface area contributed by atoms with E-state index in [1.165, 1.54) is 23.1 Å². The number of aryl methyl sites for hydroxylation is 1. The molecule has 0 fully saturated rings. The fourth-order valence-electron chi connectivity index (χ4n) is 4.18. The molecule has 0 saturated carbocycles. The molecule has 0 bridgehead atoms. The monoisotopic (exact) mass is 590 g/mol. The van der Waals surface area contributed by atoms with Gasteiger partial charge in [0, 0.05) is 27.2 Å². The van der Waals surface area contributed by atoms with Gasteiger partial charge in [-0.15, -0.1) is 23.1 Å². The summed E-state index contributed by atoms with van der Waals surface area (Å²) in [7, 11) is 0. The molecule has 5 aromatic rings. The van der Waals surface area contributed by atoms with E-state index in [1.54, 1.807) is 0 Å². The van der Waals surface area contributed by atoms with E-state index in [0.717, 1.165) is 38.5 Å². The Hall–Kier alpha value is -4.42. The largest absolute Gasteiger partial charge is 0.332 e. The van der Waals surface area contributed by atoms with E-state index in [-0.39, 0.29) is 5.91 Å². The summed E-state index contributed by atoms with van der Waals surface area (Å²) >= 11 is 8.29. The molecule has 0 aliphatic heterocycles. The number of thiophene rings is 1. The van der Waals surface area contributed by atoms with Gasteiger partial charge in [0.2, 0.25) is 5.91 Å². The summed E-state index contributed by atoms with van der Waals surface area (Å²) in [5.74, 6) is -0.199. The number of nitrogens with zero attached hydrogens (tertiary/aromatic N) is 1. The molecule has 3 N–H and O–H groups in total. The van der Waals surface area contributed by atoms with Crippen LogP contribution in [0.5, 0.6) is 0 Å². The second-order valence-corrected chi connectivity index (χ2v) is 11.7. The van der Waals surface area contributed by atoms with E-state index < -0.39 is 5.25 Å². The third-order valence-corrected chi connectivity index (χ3v) is 8.57. The minimum atomic E-state index is -0.544. The summed E-state index contributed by atoms with van der Waals surface area (Å²) in [6, 6.07) is 37.5. The van der Waals surface area contributed by atoms with Crippen LogP contribution in [0.4, 0.5) is 16.4 Å². The number of nitrogens with one attached hydrogen (secondary N) is 3. The predicted octanol–water partition coefficient (Wildman–Crippen LogP) is 8.88. The third-order valence-electron chi connectivity index (χ3n) is 6.22. The Labute approximate surface area is 253 Å². The van der Waals surface area contributed by atoms with Crippen LogP contribution < -0.4 is 16.0 Å². The molecule has 1 aromatic heterocycles. The van der Waals surface area contributed by atoms with Crippen LogP contribution in [0.15, 0.2) is 119 Å². The summed E-state index contributed by atoms with van der Waals surface area (Å²) in [6.45, 7) is 2.03. The van der Waals surface area contributed by atoms with E-state index >= 15 is 0 Å². The number of benzene rings is 4. The zero-order valence-corrected chi connectivity index (χ0v) is 24.6. The lowest BCUT2D eigenvalue weighted by atomic mass is 10.0. The van der Waals surface area contributed by atoms with E-state index in [1.807, 2.05) is 121 Å². The van der Waals surface area contributed by atoms with Crippen molar-refractivity contribution in [1.29, 1.82) is 5.26 Å². The summed E-state index contributed by atoms with van der Waals surface area (Å²) in [4.78, 5) is 14.7. The van der Waals surface area contributed by atoms with Crippen LogP contribution in [0.2, 0.25) is 0 Å². The number of thiocarbonyl (C=S) groups is 1. The molecule has 1 amide bonds. The van der Waals surface area contributed by atoms with Crippen molar-refractivity contribution >= 4 is 62.7 Å². The maximum absolute atomic E-state index is 13.8. The summed E-state index contributed by atoms with van der Waals surface area (Å²) in [6.07, 6.45) is 0. The summed E-state index contributed by atoms with van der Waals surface area (Å²) in [5.41, 5.74) is 5.94. The van der Waals surface area contributed by atoms with Crippen molar-refractivity contribution in [3.8, 4) is 17.2 Å². The molecule has 8 heteroatoms. The predicted molar refractivity (Wildman–Crippen MR) is 176 cm³/mol. The van der Waals surface area contributed by atoms with Gasteiger partial charge in [-0.05, 0) is 60.6 Å². The zero-order valence-electron chi connectivity index (χ0n) is 22.1. The van der Waals surface area contributed by atoms with Crippen LogP contribution in [-0.2, 0) is 4.79 Å². The van der Waals surface area contributed by atoms with E-state index in [2.05, 4.69) is 22.0 Å². The number of hydrogen-bond donors (Lipinski definition) is 3. The number of anilines is 3. The molecule has 4 aromatic carbocycles. The van der Waals surface area contributed by atoms with Crippen LogP contribution in [0.3, 0.4) is 0 Å². The average molecular weight is 591 g/mol. The van der Waals surface area contributed by atoms with Gasteiger partial charge in [-0.2, -0.15) is 5.26 Å². The van der Waals surface area contributed by atoms with Gasteiger partial charge in [-0.3, -0.25) is 4.79 Å². The minimum Gasteiger partial charge on any atom is -0.332 e. The third kappa shape index (κ3) is 7.21. The van der Waals surface area contributed by atoms with Crippen LogP contribution in [0.1, 0.15) is 21.9 Å². The Morgan fingerprint density at radius 2 is 1.51 bits per heavy atom. The van der Waals surface area contributed by atoms with Gasteiger partial charge in [-0.25, -0.2) is 0 Å². The van der Waals surface area contributed by atoms with Crippen molar-refractivity contribution in [2.45, 2.75) is 17.1 Å². The van der Waals surface area contributed by atoms with E-state index in [4.69, 9.17) is 12.2 Å². The van der Waals surface area contributed by atoms with Gasteiger partial charge in [0.05, 0.1) is 5.56 Å². The van der Waals surface area contributed by atoms with Gasteiger partial charge < -0.3 is 16.0 Å². The van der Waals surface area contributed by atoms with Crippen molar-refractivity contribution in [1.82, 2.24) is 0 Å². The number of amides is 1. The summed E-state index contributed by atoms with van der Waals surface area (Å²) in [5, 5.41) is 21.8. The molecule has 1 heterocycles. The van der Waals surface area contributed by atoms with Crippen molar-refractivity contribution in [2.24, 2.45) is 0 Å². The Bertz CT molecular complexity index is 1690. The molecule has 0 radical (unpaired) electrons. The lowest BCUT2D eigenvalue weighted by Crippen LogP contribution is -2.19. The number of hydrogen-bond acceptors (Lipinski definition) is 5. The fourth-order valence-corrected chi connectivity index (χ4v) is 6.42. The molecule has 202 valence electrons. The molecular formula is C33H26N4OS3. The minimum absolute atomic E-state index is 0.199. The van der Waals surface area contributed by atoms with Crippen molar-refractivity contribution < 1.29 is 4.79 Å². The first kappa shape index (κ1) is 28.1. The van der Waals surface area contributed by atoms with Crippen LogP contribution in [-0.4, -0.2) is 11.0 Å². The smallest absolute Gasteiger partial charge is 0.243 e.